The van der Waals surface area contributed by atoms with Crippen LogP contribution in [0.1, 0.15) is 5.56 Å². The molecule has 0 N–H and O–H groups in total. The number of benzene rings is 1. The molecule has 1 rings (SSSR count). The molecule has 0 saturated carbocycles. The summed E-state index contributed by atoms with van der Waals surface area (Å²) in [6.07, 6.45) is 1.04. The Labute approximate surface area is 82.3 Å². The van der Waals surface area contributed by atoms with Crippen molar-refractivity contribution in [3.8, 4) is 0 Å². The molecule has 1 radical (unpaired) electrons. The Morgan fingerprint density at radius 1 is 1.23 bits per heavy atom. The van der Waals surface area contributed by atoms with E-state index in [1.165, 1.54) is 5.56 Å². The van der Waals surface area contributed by atoms with E-state index in [1.54, 1.807) is 12.3 Å². The van der Waals surface area contributed by atoms with Crippen molar-refractivity contribution in [2.24, 2.45) is 0 Å². The van der Waals surface area contributed by atoms with Gasteiger partial charge in [0.05, 0.1) is 15.4 Å². The van der Waals surface area contributed by atoms with Gasteiger partial charge in [0.1, 0.15) is 0 Å². The van der Waals surface area contributed by atoms with Gasteiger partial charge in [0.25, 0.3) is 0 Å². The quantitative estimate of drug-likeness (QED) is 0.663. The Morgan fingerprint density at radius 2 is 1.92 bits per heavy atom. The molecule has 13 heavy (non-hydrogen) atoms. The van der Waals surface area contributed by atoms with Crippen LogP contribution in [0.2, 0.25) is 13.1 Å². The van der Waals surface area contributed by atoms with Gasteiger partial charge in [-0.05, 0) is 12.0 Å². The third-order valence-electron chi connectivity index (χ3n) is 2.13. The Balaban J connectivity index is 2.78. The molecule has 1 nitrogen and oxygen atoms in total. The molecule has 0 aromatic heterocycles. The van der Waals surface area contributed by atoms with E-state index < -0.39 is 0 Å². The number of ether oxygens (including phenoxy) is 1. The van der Waals surface area contributed by atoms with Gasteiger partial charge in [-0.2, -0.15) is 0 Å². The zero-order chi connectivity index (χ0) is 9.68. The predicted octanol–water partition coefficient (Wildman–Crippen LogP) is 1.84. The van der Waals surface area contributed by atoms with Crippen LogP contribution in [0.5, 0.6) is 0 Å². The fourth-order valence-electron chi connectivity index (χ4n) is 1.44. The molecule has 1 aromatic rings. The summed E-state index contributed by atoms with van der Waals surface area (Å²) in [5.74, 6) is 0. The average Bonchev–Trinajstić information content (AvgIpc) is 2.15. The molecule has 0 atom stereocenters. The van der Waals surface area contributed by atoms with Crippen LogP contribution in [0.15, 0.2) is 24.3 Å². The molecular formula is C11H17OSi. The first-order valence-corrected chi connectivity index (χ1v) is 7.13. The van der Waals surface area contributed by atoms with E-state index in [0.717, 1.165) is 13.0 Å². The zero-order valence-corrected chi connectivity index (χ0v) is 9.63. The molecular weight excluding hydrogens is 176 g/mol. The minimum absolute atomic E-state index is 0.327. The first-order valence-electron chi connectivity index (χ1n) is 4.63. The first kappa shape index (κ1) is 10.5. The van der Waals surface area contributed by atoms with E-state index in [9.17, 15) is 0 Å². The van der Waals surface area contributed by atoms with Crippen molar-refractivity contribution in [1.82, 2.24) is 0 Å². The molecule has 71 valence electrons. The lowest BCUT2D eigenvalue weighted by Gasteiger charge is -2.10. The van der Waals surface area contributed by atoms with Crippen LogP contribution in [0.3, 0.4) is 0 Å². The number of hydrogen-bond donors (Lipinski definition) is 0. The topological polar surface area (TPSA) is 9.23 Å². The van der Waals surface area contributed by atoms with E-state index in [1.807, 2.05) is 0 Å². The van der Waals surface area contributed by atoms with Crippen LogP contribution >= 0.6 is 0 Å². The Hall–Kier alpha value is -0.603. The maximum Gasteiger partial charge on any atom is 0.0795 e. The van der Waals surface area contributed by atoms with Gasteiger partial charge in [-0.15, -0.1) is 0 Å². The Bertz CT molecular complexity index is 258. The zero-order valence-electron chi connectivity index (χ0n) is 8.63. The number of hydrogen-bond acceptors (Lipinski definition) is 1. The van der Waals surface area contributed by atoms with Crippen LogP contribution in [0, 0.1) is 0 Å². The summed E-state index contributed by atoms with van der Waals surface area (Å²) in [5, 5.41) is 1.55. The van der Waals surface area contributed by atoms with Crippen LogP contribution in [-0.2, 0) is 11.2 Å². The van der Waals surface area contributed by atoms with E-state index in [0.29, 0.717) is 0 Å². The minimum Gasteiger partial charge on any atom is -0.384 e. The molecule has 0 unspecified atom stereocenters. The van der Waals surface area contributed by atoms with Gasteiger partial charge < -0.3 is 4.74 Å². The van der Waals surface area contributed by atoms with E-state index in [2.05, 4.69) is 37.4 Å². The molecule has 0 aliphatic rings. The molecule has 0 heterocycles. The van der Waals surface area contributed by atoms with Gasteiger partial charge >= 0.3 is 0 Å². The molecule has 0 aliphatic carbocycles. The monoisotopic (exact) mass is 193 g/mol. The van der Waals surface area contributed by atoms with Gasteiger partial charge in [-0.1, -0.05) is 42.5 Å². The second kappa shape index (κ2) is 5.20. The van der Waals surface area contributed by atoms with Gasteiger partial charge in [-0.3, -0.25) is 0 Å². The van der Waals surface area contributed by atoms with Crippen molar-refractivity contribution in [3.05, 3.63) is 29.8 Å². The second-order valence-corrected chi connectivity index (χ2v) is 5.94. The largest absolute Gasteiger partial charge is 0.384 e. The molecule has 0 bridgehead atoms. The standard InChI is InChI=1S/C11H17OSi/c1-12-9-8-10-6-4-5-7-11(10)13(2)3/h4-7H,8-9H2,1-3H3. The fourth-order valence-corrected chi connectivity index (χ4v) is 2.72. The van der Waals surface area contributed by atoms with Crippen LogP contribution in [0.25, 0.3) is 0 Å². The maximum atomic E-state index is 5.09. The average molecular weight is 193 g/mol. The molecule has 0 saturated heterocycles. The van der Waals surface area contributed by atoms with E-state index in [4.69, 9.17) is 4.74 Å². The van der Waals surface area contributed by atoms with E-state index in [-0.39, 0.29) is 8.80 Å². The van der Waals surface area contributed by atoms with Crippen molar-refractivity contribution < 1.29 is 4.74 Å². The Kier molecular flexibility index (Phi) is 4.19. The highest BCUT2D eigenvalue weighted by molar-refractivity contribution is 6.71. The summed E-state index contributed by atoms with van der Waals surface area (Å²) in [5.41, 5.74) is 1.46. The summed E-state index contributed by atoms with van der Waals surface area (Å²) < 4.78 is 5.09. The lowest BCUT2D eigenvalue weighted by Crippen LogP contribution is -2.27. The van der Waals surface area contributed by atoms with Crippen molar-refractivity contribution in [2.75, 3.05) is 13.7 Å². The van der Waals surface area contributed by atoms with Gasteiger partial charge in [0, 0.05) is 7.11 Å². The van der Waals surface area contributed by atoms with Gasteiger partial charge in [0.15, 0.2) is 0 Å². The fraction of sp³-hybridized carbons (Fsp3) is 0.455. The molecule has 1 aromatic carbocycles. The highest BCUT2D eigenvalue weighted by Gasteiger charge is 2.05. The predicted molar refractivity (Wildman–Crippen MR) is 59.1 cm³/mol. The molecule has 0 aliphatic heterocycles. The van der Waals surface area contributed by atoms with Gasteiger partial charge in [-0.25, -0.2) is 0 Å². The minimum atomic E-state index is -0.327. The van der Waals surface area contributed by atoms with Gasteiger partial charge in [0.2, 0.25) is 0 Å². The number of methoxy groups -OCH3 is 1. The van der Waals surface area contributed by atoms with Crippen molar-refractivity contribution >= 4 is 14.0 Å². The SMILES string of the molecule is COCCc1ccccc1[Si](C)C. The summed E-state index contributed by atoms with van der Waals surface area (Å²) in [7, 11) is 1.43. The maximum absolute atomic E-state index is 5.09. The van der Waals surface area contributed by atoms with Crippen LogP contribution in [0.4, 0.5) is 0 Å². The molecule has 0 spiro atoms. The lowest BCUT2D eigenvalue weighted by molar-refractivity contribution is 0.202. The third-order valence-corrected chi connectivity index (χ3v) is 3.70. The molecule has 0 fully saturated rings. The van der Waals surface area contributed by atoms with Crippen LogP contribution < -0.4 is 5.19 Å². The highest BCUT2D eigenvalue weighted by Crippen LogP contribution is 2.00. The highest BCUT2D eigenvalue weighted by atomic mass is 28.3. The van der Waals surface area contributed by atoms with Crippen molar-refractivity contribution in [1.29, 1.82) is 0 Å². The summed E-state index contributed by atoms with van der Waals surface area (Å²) in [4.78, 5) is 0. The third kappa shape index (κ3) is 2.97. The second-order valence-electron chi connectivity index (χ2n) is 3.40. The number of rotatable bonds is 4. The lowest BCUT2D eigenvalue weighted by atomic mass is 10.2. The summed E-state index contributed by atoms with van der Waals surface area (Å²) >= 11 is 0. The first-order chi connectivity index (χ1) is 6.25. The van der Waals surface area contributed by atoms with E-state index >= 15 is 0 Å². The molecule has 2 heteroatoms. The summed E-state index contributed by atoms with van der Waals surface area (Å²) in [6, 6.07) is 8.70. The van der Waals surface area contributed by atoms with Crippen LogP contribution in [-0.4, -0.2) is 22.5 Å². The summed E-state index contributed by atoms with van der Waals surface area (Å²) in [6.45, 7) is 5.48. The molecule has 0 amide bonds. The Morgan fingerprint density at radius 3 is 2.54 bits per heavy atom. The van der Waals surface area contributed by atoms with Crippen molar-refractivity contribution in [2.45, 2.75) is 19.5 Å². The normalized spacial score (nSPS) is 10.8. The van der Waals surface area contributed by atoms with Crippen molar-refractivity contribution in [3.63, 3.8) is 0 Å². The smallest absolute Gasteiger partial charge is 0.0795 e.